The van der Waals surface area contributed by atoms with Gasteiger partial charge in [0.05, 0.1) is 0 Å². The van der Waals surface area contributed by atoms with Crippen molar-refractivity contribution in [3.05, 3.63) is 35.4 Å². The molecular formula is C12H22F2NP. The molecular weight excluding hydrogens is 227 g/mol. The van der Waals surface area contributed by atoms with Crippen molar-refractivity contribution in [3.8, 4) is 0 Å². The van der Waals surface area contributed by atoms with Crippen molar-refractivity contribution in [2.24, 2.45) is 5.73 Å². The topological polar surface area (TPSA) is 26.0 Å². The lowest BCUT2D eigenvalue weighted by molar-refractivity contribution is 0.104. The maximum absolute atomic E-state index is 12.6. The molecule has 4 heteroatoms. The second-order valence-corrected chi connectivity index (χ2v) is 3.25. The summed E-state index contributed by atoms with van der Waals surface area (Å²) in [6.45, 7) is 8.38. The molecule has 0 aliphatic carbocycles. The van der Waals surface area contributed by atoms with Crippen molar-refractivity contribution in [2.45, 2.75) is 39.9 Å². The Bertz CT molecular complexity index is 255. The van der Waals surface area contributed by atoms with Crippen LogP contribution >= 0.6 is 9.24 Å². The molecule has 94 valence electrons. The van der Waals surface area contributed by atoms with Crippen LogP contribution in [0.4, 0.5) is 8.78 Å². The Balaban J connectivity index is 0. The molecule has 0 aliphatic heterocycles. The third-order valence-electron chi connectivity index (χ3n) is 1.57. The summed E-state index contributed by atoms with van der Waals surface area (Å²) >= 11 is 0. The summed E-state index contributed by atoms with van der Waals surface area (Å²) in [4.78, 5) is 0. The number of hydrogen-bond donors (Lipinski definition) is 1. The highest BCUT2D eigenvalue weighted by Gasteiger charge is 2.23. The van der Waals surface area contributed by atoms with Gasteiger partial charge in [-0.25, -0.2) is 0 Å². The van der Waals surface area contributed by atoms with Crippen molar-refractivity contribution in [2.75, 3.05) is 0 Å². The average molecular weight is 249 g/mol. The van der Waals surface area contributed by atoms with Gasteiger partial charge in [0.2, 0.25) is 0 Å². The standard InChI is InChI=1S/C8H10F2NP.2C2H6/c9-8(10,12)7-3-1-6(5-11)2-4-7;2*1-2/h1-4H,5,11-12H2;2*1-2H3. The molecule has 0 saturated carbocycles. The zero-order chi connectivity index (χ0) is 13.2. The minimum atomic E-state index is -2.84. The SMILES string of the molecule is CC.CC.NCc1ccc(C(F)(F)P)cc1. The molecule has 0 saturated heterocycles. The maximum atomic E-state index is 12.6. The van der Waals surface area contributed by atoms with Crippen LogP contribution in [-0.4, -0.2) is 0 Å². The fraction of sp³-hybridized carbons (Fsp3) is 0.500. The van der Waals surface area contributed by atoms with Gasteiger partial charge in [0.25, 0.3) is 5.66 Å². The molecule has 1 rings (SSSR count). The average Bonchev–Trinajstić information content (AvgIpc) is 2.33. The van der Waals surface area contributed by atoms with Gasteiger partial charge in [-0.2, -0.15) is 8.78 Å². The summed E-state index contributed by atoms with van der Waals surface area (Å²) in [5.41, 5.74) is 3.32. The molecule has 0 fully saturated rings. The van der Waals surface area contributed by atoms with Crippen LogP contribution in [0.1, 0.15) is 38.8 Å². The Morgan fingerprint density at radius 3 is 1.69 bits per heavy atom. The normalized spacial score (nSPS) is 9.50. The van der Waals surface area contributed by atoms with Crippen molar-refractivity contribution < 1.29 is 8.78 Å². The van der Waals surface area contributed by atoms with Crippen molar-refractivity contribution in [1.29, 1.82) is 0 Å². The molecule has 0 heterocycles. The van der Waals surface area contributed by atoms with E-state index in [-0.39, 0.29) is 5.56 Å². The molecule has 2 N–H and O–H groups in total. The van der Waals surface area contributed by atoms with E-state index in [1.54, 1.807) is 12.1 Å². The minimum absolute atomic E-state index is 0.00954. The lowest BCUT2D eigenvalue weighted by Gasteiger charge is -2.10. The third kappa shape index (κ3) is 6.86. The van der Waals surface area contributed by atoms with Crippen LogP contribution in [0.3, 0.4) is 0 Å². The smallest absolute Gasteiger partial charge is 0.283 e. The Kier molecular flexibility index (Phi) is 10.8. The van der Waals surface area contributed by atoms with E-state index in [0.717, 1.165) is 5.56 Å². The van der Waals surface area contributed by atoms with Gasteiger partial charge in [-0.05, 0) is 5.56 Å². The first-order valence-electron chi connectivity index (χ1n) is 5.50. The first-order chi connectivity index (χ1) is 7.54. The summed E-state index contributed by atoms with van der Waals surface area (Å²) in [6.07, 6.45) is 0. The van der Waals surface area contributed by atoms with Crippen LogP contribution in [0, 0.1) is 0 Å². The molecule has 0 aromatic heterocycles. The number of rotatable bonds is 2. The summed E-state index contributed by atoms with van der Waals surface area (Å²) in [5, 5.41) is 0. The maximum Gasteiger partial charge on any atom is 0.283 e. The quantitative estimate of drug-likeness (QED) is 0.784. The summed E-state index contributed by atoms with van der Waals surface area (Å²) in [6, 6.07) is 5.98. The Morgan fingerprint density at radius 2 is 1.44 bits per heavy atom. The summed E-state index contributed by atoms with van der Waals surface area (Å²) < 4.78 is 25.2. The number of halogens is 2. The Labute approximate surface area is 99.6 Å². The van der Waals surface area contributed by atoms with Gasteiger partial charge in [0, 0.05) is 12.1 Å². The van der Waals surface area contributed by atoms with E-state index in [4.69, 9.17) is 5.73 Å². The van der Waals surface area contributed by atoms with Gasteiger partial charge in [-0.1, -0.05) is 61.2 Å². The highest BCUT2D eigenvalue weighted by atomic mass is 31.0. The Hall–Kier alpha value is -0.530. The van der Waals surface area contributed by atoms with Gasteiger partial charge < -0.3 is 5.73 Å². The second kappa shape index (κ2) is 9.68. The van der Waals surface area contributed by atoms with Crippen molar-refractivity contribution >= 4 is 9.24 Å². The lowest BCUT2D eigenvalue weighted by atomic mass is 10.1. The fourth-order valence-electron chi connectivity index (χ4n) is 0.863. The molecule has 1 nitrogen and oxygen atoms in total. The first-order valence-corrected chi connectivity index (χ1v) is 6.08. The number of benzene rings is 1. The number of nitrogens with two attached hydrogens (primary N) is 1. The van der Waals surface area contributed by atoms with E-state index in [1.165, 1.54) is 21.4 Å². The second-order valence-electron chi connectivity index (χ2n) is 2.52. The van der Waals surface area contributed by atoms with Crippen molar-refractivity contribution in [3.63, 3.8) is 0 Å². The van der Waals surface area contributed by atoms with Crippen LogP contribution in [0.15, 0.2) is 24.3 Å². The van der Waals surface area contributed by atoms with E-state index in [0.29, 0.717) is 6.54 Å². The van der Waals surface area contributed by atoms with Gasteiger partial charge in [-0.15, -0.1) is 0 Å². The van der Waals surface area contributed by atoms with E-state index in [2.05, 4.69) is 0 Å². The van der Waals surface area contributed by atoms with Crippen LogP contribution in [0.5, 0.6) is 0 Å². The predicted molar refractivity (Wildman–Crippen MR) is 70.6 cm³/mol. The first kappa shape index (κ1) is 17.9. The van der Waals surface area contributed by atoms with E-state index in [1.807, 2.05) is 27.7 Å². The van der Waals surface area contributed by atoms with Crippen LogP contribution in [-0.2, 0) is 12.2 Å². The van der Waals surface area contributed by atoms with Crippen LogP contribution in [0.25, 0.3) is 0 Å². The largest absolute Gasteiger partial charge is 0.326 e. The molecule has 0 spiro atoms. The number of alkyl halides is 2. The van der Waals surface area contributed by atoms with E-state index < -0.39 is 5.66 Å². The van der Waals surface area contributed by atoms with Gasteiger partial charge in [0.1, 0.15) is 0 Å². The lowest BCUT2D eigenvalue weighted by Crippen LogP contribution is -2.03. The molecule has 16 heavy (non-hydrogen) atoms. The zero-order valence-electron chi connectivity index (χ0n) is 10.4. The van der Waals surface area contributed by atoms with Gasteiger partial charge in [0.15, 0.2) is 0 Å². The molecule has 0 amide bonds. The van der Waals surface area contributed by atoms with Crippen LogP contribution in [0.2, 0.25) is 0 Å². The summed E-state index contributed by atoms with van der Waals surface area (Å²) in [5.74, 6) is 0. The van der Waals surface area contributed by atoms with E-state index >= 15 is 0 Å². The highest BCUT2D eigenvalue weighted by molar-refractivity contribution is 7.17. The summed E-state index contributed by atoms with van der Waals surface area (Å²) in [7, 11) is 1.50. The fourth-order valence-corrected chi connectivity index (χ4v) is 1.06. The third-order valence-corrected chi connectivity index (χ3v) is 1.91. The molecule has 1 unspecified atom stereocenters. The van der Waals surface area contributed by atoms with Crippen molar-refractivity contribution in [1.82, 2.24) is 0 Å². The monoisotopic (exact) mass is 249 g/mol. The molecule has 0 radical (unpaired) electrons. The highest BCUT2D eigenvalue weighted by Crippen LogP contribution is 2.34. The van der Waals surface area contributed by atoms with Gasteiger partial charge >= 0.3 is 0 Å². The predicted octanol–water partition coefficient (Wildman–Crippen LogP) is 4.12. The molecule has 1 aromatic rings. The molecule has 1 aromatic carbocycles. The zero-order valence-corrected chi connectivity index (χ0v) is 11.6. The minimum Gasteiger partial charge on any atom is -0.326 e. The van der Waals surface area contributed by atoms with Crippen LogP contribution < -0.4 is 5.73 Å². The molecule has 0 bridgehead atoms. The molecule has 1 atom stereocenters. The van der Waals surface area contributed by atoms with E-state index in [9.17, 15) is 8.78 Å². The Morgan fingerprint density at radius 1 is 1.06 bits per heavy atom. The van der Waals surface area contributed by atoms with Gasteiger partial charge in [-0.3, -0.25) is 0 Å². The number of hydrogen-bond acceptors (Lipinski definition) is 1. The molecule has 0 aliphatic rings.